The number of carbonyl (C=O) groups excluding carboxylic acids is 1. The van der Waals surface area contributed by atoms with Gasteiger partial charge in [0.05, 0.1) is 17.2 Å². The molecule has 0 saturated heterocycles. The van der Waals surface area contributed by atoms with E-state index in [1.54, 1.807) is 6.07 Å². The number of phenolic OH excluding ortho intramolecular Hbond substituents is 1. The molecule has 1 heterocycles. The second-order valence-corrected chi connectivity index (χ2v) is 4.88. The number of phenols is 1. The summed E-state index contributed by atoms with van der Waals surface area (Å²) in [7, 11) is 1.44. The van der Waals surface area contributed by atoms with Gasteiger partial charge in [-0.3, -0.25) is 9.78 Å². The molecule has 1 N–H and O–H groups in total. The highest BCUT2D eigenvalue weighted by atomic mass is 35.5. The minimum Gasteiger partial charge on any atom is -0.504 e. The maximum atomic E-state index is 12.2. The molecule has 0 radical (unpaired) electrons. The maximum absolute atomic E-state index is 12.2. The summed E-state index contributed by atoms with van der Waals surface area (Å²) in [5, 5.41) is 10.3. The lowest BCUT2D eigenvalue weighted by Crippen LogP contribution is -2.05. The number of pyridine rings is 1. The molecule has 2 rings (SSSR count). The molecule has 0 bridgehead atoms. The Kier molecular flexibility index (Phi) is 4.47. The van der Waals surface area contributed by atoms with Crippen molar-refractivity contribution in [3.05, 3.63) is 51.8 Å². The summed E-state index contributed by atoms with van der Waals surface area (Å²) in [6.45, 7) is 0. The van der Waals surface area contributed by atoms with Crippen LogP contribution >= 0.6 is 23.2 Å². The number of ketones is 1. The van der Waals surface area contributed by atoms with Crippen LogP contribution in [0.4, 0.5) is 0 Å². The van der Waals surface area contributed by atoms with Crippen molar-refractivity contribution in [1.29, 1.82) is 0 Å². The van der Waals surface area contributed by atoms with Gasteiger partial charge >= 0.3 is 0 Å². The van der Waals surface area contributed by atoms with Crippen LogP contribution in [0, 0.1) is 0 Å². The van der Waals surface area contributed by atoms with Gasteiger partial charge in [-0.25, -0.2) is 0 Å². The third-order valence-corrected chi connectivity index (χ3v) is 3.44. The van der Waals surface area contributed by atoms with Crippen molar-refractivity contribution in [2.45, 2.75) is 6.42 Å². The second-order valence-electron chi connectivity index (χ2n) is 4.07. The van der Waals surface area contributed by atoms with Gasteiger partial charge in [-0.05, 0) is 18.2 Å². The largest absolute Gasteiger partial charge is 0.504 e. The van der Waals surface area contributed by atoms with Crippen molar-refractivity contribution in [2.24, 2.45) is 0 Å². The molecule has 0 aliphatic heterocycles. The van der Waals surface area contributed by atoms with E-state index in [2.05, 4.69) is 4.98 Å². The highest BCUT2D eigenvalue weighted by molar-refractivity contribution is 6.36. The SMILES string of the molecule is COc1ccc(C(=O)Cc2c(Cl)cncc2Cl)cc1O. The van der Waals surface area contributed by atoms with Crippen molar-refractivity contribution in [3.63, 3.8) is 0 Å². The molecule has 0 fully saturated rings. The zero-order chi connectivity index (χ0) is 14.7. The van der Waals surface area contributed by atoms with Crippen LogP contribution in [0.25, 0.3) is 0 Å². The highest BCUT2D eigenvalue weighted by Crippen LogP contribution is 2.28. The lowest BCUT2D eigenvalue weighted by Gasteiger charge is -2.07. The van der Waals surface area contributed by atoms with E-state index in [1.165, 1.54) is 31.6 Å². The molecule has 104 valence electrons. The topological polar surface area (TPSA) is 59.4 Å². The Morgan fingerprint density at radius 3 is 2.50 bits per heavy atom. The van der Waals surface area contributed by atoms with Crippen LogP contribution in [-0.2, 0) is 6.42 Å². The number of ether oxygens (including phenoxy) is 1. The predicted octanol–water partition coefficient (Wildman–Crippen LogP) is 3.53. The quantitative estimate of drug-likeness (QED) is 0.878. The number of rotatable bonds is 4. The molecule has 20 heavy (non-hydrogen) atoms. The third kappa shape index (κ3) is 3.03. The summed E-state index contributed by atoms with van der Waals surface area (Å²) in [4.78, 5) is 16.0. The third-order valence-electron chi connectivity index (χ3n) is 2.79. The van der Waals surface area contributed by atoms with E-state index in [0.717, 1.165) is 0 Å². The molecule has 6 heteroatoms. The fourth-order valence-corrected chi connectivity index (χ4v) is 2.23. The fraction of sp³-hybridized carbons (Fsp3) is 0.143. The summed E-state index contributed by atoms with van der Waals surface area (Å²) in [6, 6.07) is 4.45. The monoisotopic (exact) mass is 311 g/mol. The first-order chi connectivity index (χ1) is 9.52. The normalized spacial score (nSPS) is 10.3. The van der Waals surface area contributed by atoms with Gasteiger partial charge in [0, 0.05) is 29.9 Å². The Morgan fingerprint density at radius 1 is 1.30 bits per heavy atom. The Bertz CT molecular complexity index is 639. The standard InChI is InChI=1S/C14H11Cl2NO3/c1-20-14-3-2-8(4-13(14)19)12(18)5-9-10(15)6-17-7-11(9)16/h2-4,6-7,19H,5H2,1H3. The van der Waals surface area contributed by atoms with Gasteiger partial charge in [-0.15, -0.1) is 0 Å². The van der Waals surface area contributed by atoms with Crippen molar-refractivity contribution < 1.29 is 14.6 Å². The van der Waals surface area contributed by atoms with Crippen molar-refractivity contribution in [3.8, 4) is 11.5 Å². The summed E-state index contributed by atoms with van der Waals surface area (Å²) in [6.07, 6.45) is 2.90. The Morgan fingerprint density at radius 2 is 1.95 bits per heavy atom. The summed E-state index contributed by atoms with van der Waals surface area (Å²) in [5.74, 6) is 0.00440. The van der Waals surface area contributed by atoms with Gasteiger partial charge in [0.2, 0.25) is 0 Å². The average molecular weight is 312 g/mol. The lowest BCUT2D eigenvalue weighted by atomic mass is 10.0. The highest BCUT2D eigenvalue weighted by Gasteiger charge is 2.14. The number of carbonyl (C=O) groups is 1. The minimum atomic E-state index is -0.210. The average Bonchev–Trinajstić information content (AvgIpc) is 2.42. The van der Waals surface area contributed by atoms with Crippen molar-refractivity contribution in [1.82, 2.24) is 4.98 Å². The molecule has 4 nitrogen and oxygen atoms in total. The number of halogens is 2. The Hall–Kier alpha value is -1.78. The fourth-order valence-electron chi connectivity index (χ4n) is 1.73. The first kappa shape index (κ1) is 14.6. The van der Waals surface area contributed by atoms with Crippen molar-refractivity contribution in [2.75, 3.05) is 7.11 Å². The molecule has 1 aromatic carbocycles. The van der Waals surface area contributed by atoms with Crippen LogP contribution in [-0.4, -0.2) is 23.0 Å². The molecule has 0 aliphatic carbocycles. The number of Topliss-reactive ketones (excluding diaryl/α,β-unsaturated/α-hetero) is 1. The number of nitrogens with zero attached hydrogens (tertiary/aromatic N) is 1. The molecular weight excluding hydrogens is 301 g/mol. The first-order valence-corrected chi connectivity index (χ1v) is 6.46. The Balaban J connectivity index is 2.26. The van der Waals surface area contributed by atoms with Gasteiger partial charge in [-0.1, -0.05) is 23.2 Å². The molecule has 1 aromatic heterocycles. The van der Waals surface area contributed by atoms with E-state index in [0.29, 0.717) is 26.9 Å². The van der Waals surface area contributed by atoms with E-state index in [9.17, 15) is 9.90 Å². The molecule has 0 aliphatic rings. The molecule has 0 saturated carbocycles. The van der Waals surface area contributed by atoms with Gasteiger partial charge < -0.3 is 9.84 Å². The molecule has 0 spiro atoms. The van der Waals surface area contributed by atoms with Crippen LogP contribution in [0.5, 0.6) is 11.5 Å². The number of aromatic nitrogens is 1. The molecule has 0 atom stereocenters. The van der Waals surface area contributed by atoms with E-state index in [4.69, 9.17) is 27.9 Å². The van der Waals surface area contributed by atoms with Crippen LogP contribution in [0.15, 0.2) is 30.6 Å². The van der Waals surface area contributed by atoms with E-state index < -0.39 is 0 Å². The zero-order valence-corrected chi connectivity index (χ0v) is 12.1. The summed E-state index contributed by atoms with van der Waals surface area (Å²) >= 11 is 11.9. The number of benzene rings is 1. The van der Waals surface area contributed by atoms with Crippen LogP contribution in [0.3, 0.4) is 0 Å². The van der Waals surface area contributed by atoms with E-state index in [-0.39, 0.29) is 18.0 Å². The smallest absolute Gasteiger partial charge is 0.167 e. The zero-order valence-electron chi connectivity index (χ0n) is 10.6. The number of hydrogen-bond acceptors (Lipinski definition) is 4. The molecule has 2 aromatic rings. The Labute approximate surface area is 125 Å². The van der Waals surface area contributed by atoms with Gasteiger partial charge in [0.15, 0.2) is 17.3 Å². The number of aromatic hydroxyl groups is 1. The number of methoxy groups -OCH3 is 1. The van der Waals surface area contributed by atoms with Gasteiger partial charge in [0.25, 0.3) is 0 Å². The molecular formula is C14H11Cl2NO3. The lowest BCUT2D eigenvalue weighted by molar-refractivity contribution is 0.0992. The van der Waals surface area contributed by atoms with E-state index >= 15 is 0 Å². The minimum absolute atomic E-state index is 0.0337. The summed E-state index contributed by atoms with van der Waals surface area (Å²) < 4.78 is 4.92. The van der Waals surface area contributed by atoms with Gasteiger partial charge in [0.1, 0.15) is 0 Å². The number of hydrogen-bond donors (Lipinski definition) is 1. The van der Waals surface area contributed by atoms with Crippen LogP contribution in [0.2, 0.25) is 10.0 Å². The second kappa shape index (κ2) is 6.11. The molecule has 0 unspecified atom stereocenters. The van der Waals surface area contributed by atoms with E-state index in [1.807, 2.05) is 0 Å². The van der Waals surface area contributed by atoms with Gasteiger partial charge in [-0.2, -0.15) is 0 Å². The summed E-state index contributed by atoms with van der Waals surface area (Å²) in [5.41, 5.74) is 0.871. The van der Waals surface area contributed by atoms with Crippen molar-refractivity contribution >= 4 is 29.0 Å². The maximum Gasteiger partial charge on any atom is 0.167 e. The van der Waals surface area contributed by atoms with Crippen LogP contribution in [0.1, 0.15) is 15.9 Å². The van der Waals surface area contributed by atoms with Crippen LogP contribution < -0.4 is 4.74 Å². The molecule has 0 amide bonds. The predicted molar refractivity (Wildman–Crippen MR) is 77.0 cm³/mol. The first-order valence-electron chi connectivity index (χ1n) is 5.71.